The van der Waals surface area contributed by atoms with Crippen molar-refractivity contribution in [1.29, 1.82) is 0 Å². The number of sulfonamides is 1. The first-order chi connectivity index (χ1) is 11.9. The Hall–Kier alpha value is -1.85. The standard InChI is InChI=1S/C19H18ClNO3S/c1-13-2-8-17(9-3-13)25(23,24)21-11-10-15-12-19(15,18(21)22)14-4-6-16(20)7-5-14/h2-9,15H,10-12H2,1H3/t15-,19-/m0/s1. The lowest BCUT2D eigenvalue weighted by molar-refractivity contribution is -0.131. The van der Waals surface area contributed by atoms with Crippen LogP contribution in [-0.4, -0.2) is 25.2 Å². The molecule has 4 nitrogen and oxygen atoms in total. The van der Waals surface area contributed by atoms with Crippen LogP contribution in [-0.2, 0) is 20.2 Å². The van der Waals surface area contributed by atoms with Gasteiger partial charge < -0.3 is 0 Å². The van der Waals surface area contributed by atoms with Gasteiger partial charge >= 0.3 is 0 Å². The van der Waals surface area contributed by atoms with Crippen molar-refractivity contribution in [3.05, 3.63) is 64.7 Å². The number of nitrogens with zero attached hydrogens (tertiary/aromatic N) is 1. The van der Waals surface area contributed by atoms with Crippen LogP contribution in [0.4, 0.5) is 0 Å². The molecule has 2 aromatic rings. The summed E-state index contributed by atoms with van der Waals surface area (Å²) in [4.78, 5) is 13.3. The Bertz CT molecular complexity index is 938. The molecule has 1 amide bonds. The Balaban J connectivity index is 1.72. The van der Waals surface area contributed by atoms with Gasteiger partial charge in [-0.1, -0.05) is 41.4 Å². The lowest BCUT2D eigenvalue weighted by atomic mass is 9.89. The summed E-state index contributed by atoms with van der Waals surface area (Å²) in [7, 11) is -3.83. The highest BCUT2D eigenvalue weighted by Crippen LogP contribution is 2.60. The molecule has 2 atom stereocenters. The molecule has 0 radical (unpaired) electrons. The molecule has 1 aliphatic heterocycles. The van der Waals surface area contributed by atoms with Gasteiger partial charge in [0.15, 0.2) is 0 Å². The minimum atomic E-state index is -3.83. The van der Waals surface area contributed by atoms with Gasteiger partial charge in [0.25, 0.3) is 10.0 Å². The van der Waals surface area contributed by atoms with Crippen LogP contribution >= 0.6 is 11.6 Å². The molecular formula is C19H18ClNO3S. The zero-order valence-corrected chi connectivity index (χ0v) is 15.3. The number of halogens is 1. The highest BCUT2D eigenvalue weighted by Gasteiger charge is 2.65. The van der Waals surface area contributed by atoms with Crippen LogP contribution < -0.4 is 0 Å². The maximum absolute atomic E-state index is 13.2. The van der Waals surface area contributed by atoms with Gasteiger partial charge in [0.05, 0.1) is 10.3 Å². The maximum Gasteiger partial charge on any atom is 0.266 e. The number of fused-ring (bicyclic) bond motifs is 1. The summed E-state index contributed by atoms with van der Waals surface area (Å²) in [5, 5.41) is 0.602. The second-order valence-electron chi connectivity index (χ2n) is 6.86. The first kappa shape index (κ1) is 16.6. The Morgan fingerprint density at radius 1 is 1.08 bits per heavy atom. The smallest absolute Gasteiger partial charge is 0.266 e. The Morgan fingerprint density at radius 3 is 2.36 bits per heavy atom. The van der Waals surface area contributed by atoms with Crippen LogP contribution in [0.25, 0.3) is 0 Å². The van der Waals surface area contributed by atoms with Gasteiger partial charge in [0.1, 0.15) is 0 Å². The van der Waals surface area contributed by atoms with Crippen molar-refractivity contribution in [3.63, 3.8) is 0 Å². The van der Waals surface area contributed by atoms with Crippen LogP contribution in [0.15, 0.2) is 53.4 Å². The number of amides is 1. The number of carbonyl (C=O) groups excluding carboxylic acids is 1. The number of hydrogen-bond donors (Lipinski definition) is 0. The van der Waals surface area contributed by atoms with Crippen molar-refractivity contribution < 1.29 is 13.2 Å². The highest BCUT2D eigenvalue weighted by molar-refractivity contribution is 7.89. The summed E-state index contributed by atoms with van der Waals surface area (Å²) in [6.07, 6.45) is 1.40. The van der Waals surface area contributed by atoms with E-state index >= 15 is 0 Å². The van der Waals surface area contributed by atoms with E-state index in [1.807, 2.05) is 19.1 Å². The van der Waals surface area contributed by atoms with Gasteiger partial charge in [-0.2, -0.15) is 0 Å². The Labute approximate surface area is 152 Å². The molecule has 1 saturated heterocycles. The lowest BCUT2D eigenvalue weighted by Crippen LogP contribution is -2.47. The average Bonchev–Trinajstić information content (AvgIpc) is 3.33. The molecular weight excluding hydrogens is 358 g/mol. The Morgan fingerprint density at radius 2 is 1.72 bits per heavy atom. The fourth-order valence-corrected chi connectivity index (χ4v) is 5.42. The van der Waals surface area contributed by atoms with Gasteiger partial charge in [0.2, 0.25) is 5.91 Å². The molecule has 130 valence electrons. The number of piperidine rings is 1. The van der Waals surface area contributed by atoms with E-state index in [1.54, 1.807) is 36.4 Å². The number of benzene rings is 2. The van der Waals surface area contributed by atoms with Gasteiger partial charge in [-0.3, -0.25) is 4.79 Å². The van der Waals surface area contributed by atoms with E-state index in [2.05, 4.69) is 0 Å². The number of hydrogen-bond acceptors (Lipinski definition) is 3. The van der Waals surface area contributed by atoms with E-state index in [0.29, 0.717) is 17.9 Å². The number of carbonyl (C=O) groups is 1. The molecule has 0 aromatic heterocycles. The first-order valence-corrected chi connectivity index (χ1v) is 10.1. The van der Waals surface area contributed by atoms with Crippen LogP contribution in [0, 0.1) is 12.8 Å². The second kappa shape index (κ2) is 5.58. The van der Waals surface area contributed by atoms with E-state index in [1.165, 1.54) is 0 Å². The van der Waals surface area contributed by atoms with Crippen molar-refractivity contribution in [2.45, 2.75) is 30.1 Å². The second-order valence-corrected chi connectivity index (χ2v) is 9.16. The van der Waals surface area contributed by atoms with E-state index in [4.69, 9.17) is 11.6 Å². The molecule has 2 aliphatic rings. The van der Waals surface area contributed by atoms with Gasteiger partial charge in [0, 0.05) is 11.6 Å². The minimum Gasteiger partial charge on any atom is -0.273 e. The van der Waals surface area contributed by atoms with E-state index in [9.17, 15) is 13.2 Å². The molecule has 4 rings (SSSR count). The number of aryl methyl sites for hydroxylation is 1. The topological polar surface area (TPSA) is 54.5 Å². The van der Waals surface area contributed by atoms with Gasteiger partial charge in [-0.15, -0.1) is 0 Å². The summed E-state index contributed by atoms with van der Waals surface area (Å²) in [5.41, 5.74) is 1.13. The van der Waals surface area contributed by atoms with E-state index < -0.39 is 15.4 Å². The molecule has 1 heterocycles. The highest BCUT2D eigenvalue weighted by atomic mass is 35.5. The molecule has 2 fully saturated rings. The largest absolute Gasteiger partial charge is 0.273 e. The zero-order chi connectivity index (χ0) is 17.8. The normalized spacial score (nSPS) is 25.6. The summed E-state index contributed by atoms with van der Waals surface area (Å²) in [6, 6.07) is 13.8. The molecule has 6 heteroatoms. The summed E-state index contributed by atoms with van der Waals surface area (Å²) in [6.45, 7) is 2.14. The Kier molecular flexibility index (Phi) is 3.71. The molecule has 0 bridgehead atoms. The molecule has 0 N–H and O–H groups in total. The van der Waals surface area contributed by atoms with Crippen LogP contribution in [0.1, 0.15) is 24.0 Å². The molecule has 2 aromatic carbocycles. The fourth-order valence-electron chi connectivity index (χ4n) is 3.83. The average molecular weight is 376 g/mol. The summed E-state index contributed by atoms with van der Waals surface area (Å²) in [5.74, 6) is -0.0997. The molecule has 0 unspecified atom stereocenters. The lowest BCUT2D eigenvalue weighted by Gasteiger charge is -2.32. The first-order valence-electron chi connectivity index (χ1n) is 8.25. The third-order valence-corrected chi connectivity index (χ3v) is 7.41. The molecule has 1 saturated carbocycles. The van der Waals surface area contributed by atoms with Gasteiger partial charge in [-0.25, -0.2) is 12.7 Å². The fraction of sp³-hybridized carbons (Fsp3) is 0.316. The van der Waals surface area contributed by atoms with Crippen LogP contribution in [0.2, 0.25) is 5.02 Å². The van der Waals surface area contributed by atoms with E-state index in [-0.39, 0.29) is 23.3 Å². The third kappa shape index (κ3) is 2.49. The van der Waals surface area contributed by atoms with Crippen molar-refractivity contribution in [1.82, 2.24) is 4.31 Å². The van der Waals surface area contributed by atoms with Crippen molar-refractivity contribution in [2.24, 2.45) is 5.92 Å². The summed E-state index contributed by atoms with van der Waals surface area (Å²) >= 11 is 5.95. The molecule has 25 heavy (non-hydrogen) atoms. The quantitative estimate of drug-likeness (QED) is 0.824. The number of rotatable bonds is 3. The predicted octanol–water partition coefficient (Wildman–Crippen LogP) is 3.53. The zero-order valence-electron chi connectivity index (χ0n) is 13.8. The van der Waals surface area contributed by atoms with Crippen molar-refractivity contribution in [3.8, 4) is 0 Å². The predicted molar refractivity (Wildman–Crippen MR) is 95.9 cm³/mol. The molecule has 1 aliphatic carbocycles. The van der Waals surface area contributed by atoms with Crippen LogP contribution in [0.5, 0.6) is 0 Å². The van der Waals surface area contributed by atoms with Gasteiger partial charge in [-0.05, 0) is 55.5 Å². The minimum absolute atomic E-state index is 0.164. The monoisotopic (exact) mass is 375 g/mol. The molecule has 0 spiro atoms. The maximum atomic E-state index is 13.2. The summed E-state index contributed by atoms with van der Waals surface area (Å²) < 4.78 is 27.0. The van der Waals surface area contributed by atoms with Crippen molar-refractivity contribution >= 4 is 27.5 Å². The third-order valence-electron chi connectivity index (χ3n) is 5.36. The van der Waals surface area contributed by atoms with Crippen LogP contribution in [0.3, 0.4) is 0 Å². The van der Waals surface area contributed by atoms with E-state index in [0.717, 1.165) is 15.4 Å². The SMILES string of the molecule is Cc1ccc(S(=O)(=O)N2CC[C@H]3C[C@@]3(c3ccc(Cl)cc3)C2=O)cc1. The van der Waals surface area contributed by atoms with Crippen molar-refractivity contribution in [2.75, 3.05) is 6.54 Å².